The summed E-state index contributed by atoms with van der Waals surface area (Å²) >= 11 is 1.83. The highest BCUT2D eigenvalue weighted by atomic mass is 32.2. The SMILES string of the molecule is CSC1(CNC(=O)c2cnc(N)c3ccccc23)CC1. The molecule has 1 aliphatic carbocycles. The molecule has 1 aromatic heterocycles. The van der Waals surface area contributed by atoms with Gasteiger partial charge in [-0.05, 0) is 24.5 Å². The standard InChI is InChI=1S/C15H17N3OS/c1-20-15(6-7-15)9-18-14(19)12-8-17-13(16)11-5-3-2-4-10(11)12/h2-5,8H,6-7,9H2,1H3,(H2,16,17)(H,18,19). The van der Waals surface area contributed by atoms with E-state index in [1.807, 2.05) is 36.0 Å². The van der Waals surface area contributed by atoms with E-state index in [0.717, 1.165) is 10.8 Å². The fraction of sp³-hybridized carbons (Fsp3) is 0.333. The minimum Gasteiger partial charge on any atom is -0.383 e. The molecule has 1 aliphatic rings. The van der Waals surface area contributed by atoms with E-state index in [0.29, 0.717) is 17.9 Å². The van der Waals surface area contributed by atoms with Gasteiger partial charge in [-0.1, -0.05) is 24.3 Å². The fourth-order valence-corrected chi connectivity index (χ4v) is 3.05. The van der Waals surface area contributed by atoms with Crippen molar-refractivity contribution in [2.75, 3.05) is 18.5 Å². The third kappa shape index (κ3) is 2.33. The highest BCUT2D eigenvalue weighted by molar-refractivity contribution is 8.00. The number of nitrogens with one attached hydrogen (secondary N) is 1. The normalized spacial score (nSPS) is 16.1. The monoisotopic (exact) mass is 287 g/mol. The molecule has 0 atom stereocenters. The summed E-state index contributed by atoms with van der Waals surface area (Å²) in [5, 5.41) is 4.70. The van der Waals surface area contributed by atoms with Crippen LogP contribution in [0.25, 0.3) is 10.8 Å². The van der Waals surface area contributed by atoms with E-state index >= 15 is 0 Å². The predicted octanol–water partition coefficient (Wildman–Crippen LogP) is 2.44. The molecule has 0 aliphatic heterocycles. The molecule has 3 rings (SSSR count). The average molecular weight is 287 g/mol. The number of thioether (sulfide) groups is 1. The van der Waals surface area contributed by atoms with Crippen LogP contribution < -0.4 is 11.1 Å². The summed E-state index contributed by atoms with van der Waals surface area (Å²) in [5.74, 6) is 0.383. The molecule has 5 heteroatoms. The maximum absolute atomic E-state index is 12.4. The molecule has 0 spiro atoms. The second-order valence-electron chi connectivity index (χ2n) is 5.17. The Morgan fingerprint density at radius 1 is 1.40 bits per heavy atom. The molecule has 0 radical (unpaired) electrons. The molecule has 1 saturated carbocycles. The molecule has 1 fully saturated rings. The van der Waals surface area contributed by atoms with Crippen molar-refractivity contribution in [1.29, 1.82) is 0 Å². The summed E-state index contributed by atoms with van der Waals surface area (Å²) in [6.07, 6.45) is 6.01. The second kappa shape index (κ2) is 4.98. The largest absolute Gasteiger partial charge is 0.383 e. The van der Waals surface area contributed by atoms with Crippen LogP contribution in [0.1, 0.15) is 23.2 Å². The highest BCUT2D eigenvalue weighted by Crippen LogP contribution is 2.46. The second-order valence-corrected chi connectivity index (χ2v) is 6.45. The third-order valence-electron chi connectivity index (χ3n) is 3.88. The number of nitrogen functional groups attached to an aromatic ring is 1. The summed E-state index contributed by atoms with van der Waals surface area (Å²) in [6, 6.07) is 7.60. The fourth-order valence-electron chi connectivity index (χ4n) is 2.32. The Hall–Kier alpha value is -1.75. The zero-order chi connectivity index (χ0) is 14.2. The number of benzene rings is 1. The van der Waals surface area contributed by atoms with Crippen molar-refractivity contribution in [1.82, 2.24) is 10.3 Å². The van der Waals surface area contributed by atoms with Crippen LogP contribution in [0.5, 0.6) is 0 Å². The number of hydrogen-bond acceptors (Lipinski definition) is 4. The molecule has 1 heterocycles. The van der Waals surface area contributed by atoms with Crippen LogP contribution in [-0.4, -0.2) is 28.4 Å². The zero-order valence-corrected chi connectivity index (χ0v) is 12.2. The Morgan fingerprint density at radius 2 is 2.10 bits per heavy atom. The smallest absolute Gasteiger partial charge is 0.253 e. The lowest BCUT2D eigenvalue weighted by Crippen LogP contribution is -2.31. The van der Waals surface area contributed by atoms with Crippen molar-refractivity contribution in [3.63, 3.8) is 0 Å². The van der Waals surface area contributed by atoms with Crippen molar-refractivity contribution in [3.8, 4) is 0 Å². The van der Waals surface area contributed by atoms with Gasteiger partial charge in [0.25, 0.3) is 5.91 Å². The Labute approximate surface area is 122 Å². The number of amides is 1. The molecule has 0 unspecified atom stereocenters. The van der Waals surface area contributed by atoms with Crippen molar-refractivity contribution >= 4 is 34.3 Å². The van der Waals surface area contributed by atoms with Gasteiger partial charge in [-0.15, -0.1) is 0 Å². The van der Waals surface area contributed by atoms with E-state index in [1.54, 1.807) is 6.20 Å². The third-order valence-corrected chi connectivity index (χ3v) is 5.30. The Bertz CT molecular complexity index is 667. The van der Waals surface area contributed by atoms with Gasteiger partial charge in [-0.25, -0.2) is 4.98 Å². The molecule has 0 bridgehead atoms. The van der Waals surface area contributed by atoms with E-state index in [-0.39, 0.29) is 10.7 Å². The van der Waals surface area contributed by atoms with Gasteiger partial charge in [-0.2, -0.15) is 11.8 Å². The van der Waals surface area contributed by atoms with Crippen molar-refractivity contribution < 1.29 is 4.79 Å². The van der Waals surface area contributed by atoms with E-state index in [2.05, 4.69) is 16.6 Å². The van der Waals surface area contributed by atoms with Crippen LogP contribution in [0.4, 0.5) is 5.82 Å². The van der Waals surface area contributed by atoms with E-state index in [1.165, 1.54) is 12.8 Å². The Morgan fingerprint density at radius 3 is 2.75 bits per heavy atom. The first-order chi connectivity index (χ1) is 9.65. The zero-order valence-electron chi connectivity index (χ0n) is 11.3. The number of hydrogen-bond donors (Lipinski definition) is 2. The van der Waals surface area contributed by atoms with Gasteiger partial charge in [0.1, 0.15) is 5.82 Å². The number of carbonyl (C=O) groups is 1. The summed E-state index contributed by atoms with van der Waals surface area (Å²) in [7, 11) is 0. The molecule has 0 saturated heterocycles. The molecular weight excluding hydrogens is 270 g/mol. The van der Waals surface area contributed by atoms with Gasteiger partial charge in [0.2, 0.25) is 0 Å². The lowest BCUT2D eigenvalue weighted by atomic mass is 10.1. The van der Waals surface area contributed by atoms with Crippen molar-refractivity contribution in [2.24, 2.45) is 0 Å². The molecule has 1 amide bonds. The van der Waals surface area contributed by atoms with Crippen molar-refractivity contribution in [2.45, 2.75) is 17.6 Å². The Kier molecular flexibility index (Phi) is 3.30. The van der Waals surface area contributed by atoms with Crippen LogP contribution in [-0.2, 0) is 0 Å². The van der Waals surface area contributed by atoms with Crippen LogP contribution >= 0.6 is 11.8 Å². The number of nitrogens with zero attached hydrogens (tertiary/aromatic N) is 1. The molecule has 20 heavy (non-hydrogen) atoms. The van der Waals surface area contributed by atoms with Crippen LogP contribution in [0.15, 0.2) is 30.5 Å². The summed E-state index contributed by atoms with van der Waals surface area (Å²) in [4.78, 5) is 16.5. The maximum Gasteiger partial charge on any atom is 0.253 e. The lowest BCUT2D eigenvalue weighted by molar-refractivity contribution is 0.0954. The summed E-state index contributed by atoms with van der Waals surface area (Å²) in [5.41, 5.74) is 6.44. The van der Waals surface area contributed by atoms with Crippen LogP contribution in [0, 0.1) is 0 Å². The Balaban J connectivity index is 1.86. The molecule has 1 aromatic carbocycles. The number of carbonyl (C=O) groups excluding carboxylic acids is 1. The van der Waals surface area contributed by atoms with Crippen LogP contribution in [0.3, 0.4) is 0 Å². The molecule has 2 aromatic rings. The van der Waals surface area contributed by atoms with Gasteiger partial charge in [0, 0.05) is 22.9 Å². The van der Waals surface area contributed by atoms with Crippen LogP contribution in [0.2, 0.25) is 0 Å². The number of nitrogens with two attached hydrogens (primary N) is 1. The van der Waals surface area contributed by atoms with Gasteiger partial charge < -0.3 is 11.1 Å². The van der Waals surface area contributed by atoms with E-state index in [4.69, 9.17) is 5.73 Å². The summed E-state index contributed by atoms with van der Waals surface area (Å²) < 4.78 is 0.257. The number of rotatable bonds is 4. The molecule has 4 nitrogen and oxygen atoms in total. The van der Waals surface area contributed by atoms with Gasteiger partial charge in [0.15, 0.2) is 0 Å². The topological polar surface area (TPSA) is 68.0 Å². The van der Waals surface area contributed by atoms with Crippen molar-refractivity contribution in [3.05, 3.63) is 36.0 Å². The first-order valence-electron chi connectivity index (χ1n) is 6.62. The van der Waals surface area contributed by atoms with Gasteiger partial charge >= 0.3 is 0 Å². The molecule has 3 N–H and O–H groups in total. The number of fused-ring (bicyclic) bond motifs is 1. The van der Waals surface area contributed by atoms with E-state index in [9.17, 15) is 4.79 Å². The predicted molar refractivity (Wildman–Crippen MR) is 84.0 cm³/mol. The van der Waals surface area contributed by atoms with Gasteiger partial charge in [-0.3, -0.25) is 4.79 Å². The quantitative estimate of drug-likeness (QED) is 0.906. The molecule has 104 valence electrons. The lowest BCUT2D eigenvalue weighted by Gasteiger charge is -2.14. The first kappa shape index (κ1) is 13.2. The summed E-state index contributed by atoms with van der Waals surface area (Å²) in [6.45, 7) is 0.714. The number of pyridine rings is 1. The highest BCUT2D eigenvalue weighted by Gasteiger charge is 2.42. The number of anilines is 1. The van der Waals surface area contributed by atoms with E-state index < -0.39 is 0 Å². The molecular formula is C15H17N3OS. The number of aromatic nitrogens is 1. The maximum atomic E-state index is 12.4. The minimum atomic E-state index is -0.0750. The average Bonchev–Trinajstić information content (AvgIpc) is 3.26. The first-order valence-corrected chi connectivity index (χ1v) is 7.84. The van der Waals surface area contributed by atoms with Gasteiger partial charge in [0.05, 0.1) is 5.56 Å². The minimum absolute atomic E-state index is 0.0750.